The molecule has 0 bridgehead atoms. The van der Waals surface area contributed by atoms with E-state index in [1.807, 2.05) is 0 Å². The summed E-state index contributed by atoms with van der Waals surface area (Å²) in [6, 6.07) is 8.16. The van der Waals surface area contributed by atoms with Crippen molar-refractivity contribution in [2.45, 2.75) is 25.0 Å². The maximum absolute atomic E-state index is 12.3. The highest BCUT2D eigenvalue weighted by Crippen LogP contribution is 2.24. The van der Waals surface area contributed by atoms with Gasteiger partial charge in [-0.3, -0.25) is 14.6 Å². The van der Waals surface area contributed by atoms with Crippen LogP contribution in [0.3, 0.4) is 0 Å². The van der Waals surface area contributed by atoms with Crippen molar-refractivity contribution in [2.75, 3.05) is 17.2 Å². The number of pyridine rings is 1. The first-order chi connectivity index (χ1) is 12.6. The van der Waals surface area contributed by atoms with Crippen molar-refractivity contribution < 1.29 is 14.3 Å². The van der Waals surface area contributed by atoms with Crippen molar-refractivity contribution in [1.82, 2.24) is 4.98 Å². The molecule has 2 heterocycles. The lowest BCUT2D eigenvalue weighted by molar-refractivity contribution is -0.126. The van der Waals surface area contributed by atoms with Crippen LogP contribution < -0.4 is 16.4 Å². The minimum atomic E-state index is -0.518. The van der Waals surface area contributed by atoms with E-state index in [4.69, 9.17) is 22.1 Å². The fraction of sp³-hybridized carbons (Fsp3) is 0.278. The molecule has 2 amide bonds. The summed E-state index contributed by atoms with van der Waals surface area (Å²) in [4.78, 5) is 28.5. The summed E-state index contributed by atoms with van der Waals surface area (Å²) in [5.74, 6) is -0.602. The van der Waals surface area contributed by atoms with Gasteiger partial charge in [-0.1, -0.05) is 11.6 Å². The van der Waals surface area contributed by atoms with Crippen LogP contribution in [0.1, 0.15) is 23.2 Å². The molecule has 0 unspecified atom stereocenters. The molecule has 1 aliphatic heterocycles. The largest absolute Gasteiger partial charge is 0.364 e. The number of nitrogens with one attached hydrogen (secondary N) is 2. The van der Waals surface area contributed by atoms with Crippen molar-refractivity contribution in [3.63, 3.8) is 0 Å². The highest BCUT2D eigenvalue weighted by molar-refractivity contribution is 6.34. The summed E-state index contributed by atoms with van der Waals surface area (Å²) in [6.07, 6.45) is 3.96. The third-order valence-electron chi connectivity index (χ3n) is 4.06. The molecular weight excluding hydrogens is 427 g/mol. The number of nitrogens with two attached hydrogens (primary N) is 1. The van der Waals surface area contributed by atoms with E-state index in [0.717, 1.165) is 6.42 Å². The Morgan fingerprint density at radius 2 is 1.96 bits per heavy atom. The third-order valence-corrected chi connectivity index (χ3v) is 4.38. The number of hydrogen-bond acceptors (Lipinski definition) is 5. The second kappa shape index (κ2) is 11.2. The monoisotopic (exact) mass is 446 g/mol. The molecule has 3 rings (SSSR count). The second-order valence-electron chi connectivity index (χ2n) is 5.94. The van der Waals surface area contributed by atoms with E-state index < -0.39 is 6.10 Å². The lowest BCUT2D eigenvalue weighted by Crippen LogP contribution is -2.29. The van der Waals surface area contributed by atoms with Gasteiger partial charge >= 0.3 is 0 Å². The summed E-state index contributed by atoms with van der Waals surface area (Å²) in [5, 5.41) is 5.70. The number of benzene rings is 1. The van der Waals surface area contributed by atoms with Gasteiger partial charge in [0.15, 0.2) is 0 Å². The number of nitrogens with zero attached hydrogens (tertiary/aromatic N) is 1. The lowest BCUT2D eigenvalue weighted by Gasteiger charge is -2.13. The van der Waals surface area contributed by atoms with Gasteiger partial charge < -0.3 is 21.1 Å². The molecule has 10 heteroatoms. The van der Waals surface area contributed by atoms with Gasteiger partial charge in [0.1, 0.15) is 6.10 Å². The minimum absolute atomic E-state index is 0. The summed E-state index contributed by atoms with van der Waals surface area (Å²) in [7, 11) is 0. The number of amides is 2. The minimum Gasteiger partial charge on any atom is -0.364 e. The Balaban J connectivity index is 0.00000196. The molecule has 0 saturated carbocycles. The van der Waals surface area contributed by atoms with Crippen LogP contribution in [0.15, 0.2) is 42.7 Å². The predicted molar refractivity (Wildman–Crippen MR) is 114 cm³/mol. The first-order valence-corrected chi connectivity index (χ1v) is 8.62. The zero-order valence-corrected chi connectivity index (χ0v) is 17.2. The van der Waals surface area contributed by atoms with Gasteiger partial charge in [-0.15, -0.1) is 24.8 Å². The molecule has 0 spiro atoms. The summed E-state index contributed by atoms with van der Waals surface area (Å²) in [5.41, 5.74) is 6.92. The Morgan fingerprint density at radius 3 is 2.57 bits per heavy atom. The molecule has 1 aromatic carbocycles. The topological polar surface area (TPSA) is 106 Å². The average Bonchev–Trinajstić information content (AvgIpc) is 3.12. The van der Waals surface area contributed by atoms with E-state index in [1.54, 1.807) is 30.5 Å². The number of aromatic nitrogens is 1. The first-order valence-electron chi connectivity index (χ1n) is 8.24. The number of carbonyl (C=O) groups excluding carboxylic acids is 2. The Kier molecular flexibility index (Phi) is 9.64. The number of carbonyl (C=O) groups is 2. The van der Waals surface area contributed by atoms with E-state index >= 15 is 0 Å². The summed E-state index contributed by atoms with van der Waals surface area (Å²) < 4.78 is 5.56. The van der Waals surface area contributed by atoms with Crippen LogP contribution in [0.2, 0.25) is 5.02 Å². The van der Waals surface area contributed by atoms with Crippen LogP contribution in [-0.4, -0.2) is 35.6 Å². The Morgan fingerprint density at radius 1 is 1.18 bits per heavy atom. The van der Waals surface area contributed by atoms with Crippen LogP contribution in [0.25, 0.3) is 0 Å². The number of rotatable bonds is 5. The quantitative estimate of drug-likeness (QED) is 0.652. The van der Waals surface area contributed by atoms with E-state index in [2.05, 4.69) is 15.6 Å². The normalized spacial score (nSPS) is 17.8. The van der Waals surface area contributed by atoms with Gasteiger partial charge in [-0.2, -0.15) is 0 Å². The standard InChI is InChI=1S/C18H19ClN4O3.2ClH/c19-15-8-11(22-18(25)16-6-4-13(9-20)26-16)3-5-14(15)17(24)23-12-2-1-7-21-10-12;;/h1-3,5,7-8,10,13,16H,4,6,9,20H2,(H,22,25)(H,23,24);2*1H/t13-,16+;;/m1../s1. The van der Waals surface area contributed by atoms with E-state index in [0.29, 0.717) is 29.9 Å². The smallest absolute Gasteiger partial charge is 0.257 e. The number of anilines is 2. The number of halogens is 3. The molecule has 28 heavy (non-hydrogen) atoms. The molecule has 0 aliphatic carbocycles. The van der Waals surface area contributed by atoms with Crippen molar-refractivity contribution in [2.24, 2.45) is 5.73 Å². The zero-order valence-electron chi connectivity index (χ0n) is 14.8. The van der Waals surface area contributed by atoms with E-state index in [9.17, 15) is 9.59 Å². The number of hydrogen-bond donors (Lipinski definition) is 3. The van der Waals surface area contributed by atoms with Gasteiger partial charge in [0.2, 0.25) is 0 Å². The summed E-state index contributed by atoms with van der Waals surface area (Å²) in [6.45, 7) is 0.399. The fourth-order valence-electron chi connectivity index (χ4n) is 2.71. The average molecular weight is 448 g/mol. The van der Waals surface area contributed by atoms with Crippen molar-refractivity contribution in [1.29, 1.82) is 0 Å². The third kappa shape index (κ3) is 6.05. The second-order valence-corrected chi connectivity index (χ2v) is 6.35. The van der Waals surface area contributed by atoms with Crippen LogP contribution in [-0.2, 0) is 9.53 Å². The molecule has 7 nitrogen and oxygen atoms in total. The van der Waals surface area contributed by atoms with Crippen LogP contribution in [0.5, 0.6) is 0 Å². The maximum atomic E-state index is 12.3. The lowest BCUT2D eigenvalue weighted by atomic mass is 10.1. The Hall–Kier alpha value is -1.90. The molecule has 1 aliphatic rings. The van der Waals surface area contributed by atoms with Gasteiger partial charge in [-0.05, 0) is 43.2 Å². The van der Waals surface area contributed by atoms with Crippen molar-refractivity contribution >= 4 is 59.6 Å². The van der Waals surface area contributed by atoms with Crippen LogP contribution >= 0.6 is 36.4 Å². The van der Waals surface area contributed by atoms with E-state index in [-0.39, 0.29) is 47.8 Å². The first kappa shape index (κ1) is 24.1. The Labute approximate surface area is 180 Å². The van der Waals surface area contributed by atoms with E-state index in [1.165, 1.54) is 12.3 Å². The summed E-state index contributed by atoms with van der Waals surface area (Å²) >= 11 is 6.20. The molecule has 2 aromatic rings. The molecule has 4 N–H and O–H groups in total. The maximum Gasteiger partial charge on any atom is 0.257 e. The molecule has 1 fully saturated rings. The van der Waals surface area contributed by atoms with Gasteiger partial charge in [0, 0.05) is 18.4 Å². The van der Waals surface area contributed by atoms with Crippen molar-refractivity contribution in [3.8, 4) is 0 Å². The molecule has 152 valence electrons. The van der Waals surface area contributed by atoms with Gasteiger partial charge in [-0.25, -0.2) is 0 Å². The molecule has 2 atom stereocenters. The molecule has 1 aromatic heterocycles. The van der Waals surface area contributed by atoms with Crippen molar-refractivity contribution in [3.05, 3.63) is 53.3 Å². The van der Waals surface area contributed by atoms with Crippen LogP contribution in [0, 0.1) is 0 Å². The SMILES string of the molecule is Cl.Cl.NC[C@H]1CC[C@@H](C(=O)Nc2ccc(C(=O)Nc3cccnc3)c(Cl)c2)O1. The van der Waals surface area contributed by atoms with Crippen LogP contribution in [0.4, 0.5) is 11.4 Å². The van der Waals surface area contributed by atoms with Gasteiger partial charge in [0.25, 0.3) is 11.8 Å². The predicted octanol–water partition coefficient (Wildman–Crippen LogP) is 3.28. The zero-order chi connectivity index (χ0) is 18.5. The number of ether oxygens (including phenoxy) is 1. The molecular formula is C18H21Cl3N4O3. The Bertz CT molecular complexity index is 808. The fourth-order valence-corrected chi connectivity index (χ4v) is 2.97. The van der Waals surface area contributed by atoms with Gasteiger partial charge in [0.05, 0.1) is 28.6 Å². The molecule has 1 saturated heterocycles. The highest BCUT2D eigenvalue weighted by Gasteiger charge is 2.29. The molecule has 0 radical (unpaired) electrons. The highest BCUT2D eigenvalue weighted by atomic mass is 35.5.